The number of carbonyl (C=O) groups excluding carboxylic acids is 2. The van der Waals surface area contributed by atoms with Crippen molar-refractivity contribution in [3.63, 3.8) is 0 Å². The molecule has 142 valence electrons. The lowest BCUT2D eigenvalue weighted by molar-refractivity contribution is -0.153. The lowest BCUT2D eigenvalue weighted by atomic mass is 9.85. The smallest absolute Gasteiger partial charge is 0.249 e. The Morgan fingerprint density at radius 3 is 2.58 bits per heavy atom. The Bertz CT molecular complexity index is 706. The van der Waals surface area contributed by atoms with Gasteiger partial charge in [0.25, 0.3) is 0 Å². The number of phenolic OH excluding ortho intramolecular Hbond substituents is 1. The summed E-state index contributed by atoms with van der Waals surface area (Å²) >= 11 is 1.75. The van der Waals surface area contributed by atoms with Crippen LogP contribution in [0.2, 0.25) is 0 Å². The molecule has 2 heterocycles. The maximum Gasteiger partial charge on any atom is 0.249 e. The van der Waals surface area contributed by atoms with E-state index >= 15 is 0 Å². The molecule has 26 heavy (non-hydrogen) atoms. The van der Waals surface area contributed by atoms with Crippen LogP contribution in [0.25, 0.3) is 0 Å². The zero-order valence-corrected chi connectivity index (χ0v) is 16.4. The topological polar surface area (TPSA) is 95.7 Å². The maximum absolute atomic E-state index is 12.7. The molecule has 7 heteroatoms. The standard InChI is InChI=1S/C19H27N3O3S/c1-5-10(2)15-19(3,4)26-18-14(17(25)22(15)18)21-16(24)13(20)11-6-8-12(23)9-7-11/h6-10,13-15,18,23H,5,20H2,1-4H3,(H,21,24). The van der Waals surface area contributed by atoms with Crippen LogP contribution in [0.5, 0.6) is 5.75 Å². The molecule has 2 amide bonds. The molecule has 0 radical (unpaired) electrons. The largest absolute Gasteiger partial charge is 0.508 e. The van der Waals surface area contributed by atoms with Gasteiger partial charge in [-0.25, -0.2) is 0 Å². The summed E-state index contributed by atoms with van der Waals surface area (Å²) in [6, 6.07) is 4.98. The summed E-state index contributed by atoms with van der Waals surface area (Å²) in [7, 11) is 0. The monoisotopic (exact) mass is 377 g/mol. The third-order valence-corrected chi connectivity index (χ3v) is 7.12. The summed E-state index contributed by atoms with van der Waals surface area (Å²) in [6.45, 7) is 8.65. The molecule has 1 aromatic rings. The van der Waals surface area contributed by atoms with E-state index in [2.05, 4.69) is 33.0 Å². The van der Waals surface area contributed by atoms with Crippen LogP contribution in [0.4, 0.5) is 0 Å². The van der Waals surface area contributed by atoms with E-state index < -0.39 is 12.1 Å². The Balaban J connectivity index is 1.70. The summed E-state index contributed by atoms with van der Waals surface area (Å²) in [5.41, 5.74) is 6.62. The predicted octanol–water partition coefficient (Wildman–Crippen LogP) is 1.99. The first-order valence-electron chi connectivity index (χ1n) is 9.02. The Hall–Kier alpha value is -1.73. The first kappa shape index (κ1) is 19.0. The number of aromatic hydroxyl groups is 1. The lowest BCUT2D eigenvalue weighted by Gasteiger charge is -2.46. The highest BCUT2D eigenvalue weighted by Gasteiger charge is 2.62. The highest BCUT2D eigenvalue weighted by molar-refractivity contribution is 8.01. The number of amides is 2. The first-order chi connectivity index (χ1) is 12.2. The minimum atomic E-state index is -0.873. The molecule has 4 N–H and O–H groups in total. The number of nitrogens with one attached hydrogen (secondary N) is 1. The van der Waals surface area contributed by atoms with E-state index in [-0.39, 0.29) is 33.7 Å². The van der Waals surface area contributed by atoms with Crippen LogP contribution in [0.3, 0.4) is 0 Å². The van der Waals surface area contributed by atoms with Gasteiger partial charge in [0.05, 0.1) is 0 Å². The molecule has 0 saturated carbocycles. The molecule has 5 unspecified atom stereocenters. The molecule has 2 aliphatic heterocycles. The van der Waals surface area contributed by atoms with Gasteiger partial charge in [-0.2, -0.15) is 0 Å². The van der Waals surface area contributed by atoms with Crippen molar-refractivity contribution in [2.45, 2.75) is 62.4 Å². The Morgan fingerprint density at radius 1 is 1.38 bits per heavy atom. The minimum absolute atomic E-state index is 0.0235. The second kappa shape index (κ2) is 6.78. The van der Waals surface area contributed by atoms with Crippen LogP contribution in [0.15, 0.2) is 24.3 Å². The van der Waals surface area contributed by atoms with Gasteiger partial charge in [-0.05, 0) is 37.5 Å². The van der Waals surface area contributed by atoms with Gasteiger partial charge in [0.15, 0.2) is 0 Å². The summed E-state index contributed by atoms with van der Waals surface area (Å²) in [5.74, 6) is 0.123. The molecule has 3 rings (SSSR count). The van der Waals surface area contributed by atoms with Gasteiger partial charge in [0.1, 0.15) is 23.2 Å². The minimum Gasteiger partial charge on any atom is -0.508 e. The average Bonchev–Trinajstić information content (AvgIpc) is 2.86. The number of β-lactam (4-membered cyclic amide) rings is 1. The molecule has 0 bridgehead atoms. The van der Waals surface area contributed by atoms with Crippen molar-refractivity contribution in [1.82, 2.24) is 10.2 Å². The maximum atomic E-state index is 12.7. The van der Waals surface area contributed by atoms with Crippen molar-refractivity contribution in [2.24, 2.45) is 11.7 Å². The number of phenols is 1. The predicted molar refractivity (Wildman–Crippen MR) is 103 cm³/mol. The van der Waals surface area contributed by atoms with Crippen molar-refractivity contribution in [3.8, 4) is 5.75 Å². The molecule has 6 nitrogen and oxygen atoms in total. The van der Waals surface area contributed by atoms with E-state index in [0.717, 1.165) is 6.42 Å². The third kappa shape index (κ3) is 3.07. The van der Waals surface area contributed by atoms with Crippen LogP contribution >= 0.6 is 11.8 Å². The van der Waals surface area contributed by atoms with Gasteiger partial charge < -0.3 is 21.1 Å². The van der Waals surface area contributed by atoms with Crippen molar-refractivity contribution >= 4 is 23.6 Å². The number of hydrogen-bond acceptors (Lipinski definition) is 5. The Morgan fingerprint density at radius 2 is 2.00 bits per heavy atom. The van der Waals surface area contributed by atoms with E-state index in [1.165, 1.54) is 12.1 Å². The zero-order valence-electron chi connectivity index (χ0n) is 15.6. The van der Waals surface area contributed by atoms with Crippen LogP contribution in [-0.4, -0.2) is 44.0 Å². The van der Waals surface area contributed by atoms with E-state index in [1.54, 1.807) is 23.9 Å². The number of carbonyl (C=O) groups is 2. The molecule has 2 fully saturated rings. The van der Waals surface area contributed by atoms with Crippen molar-refractivity contribution in [3.05, 3.63) is 29.8 Å². The van der Waals surface area contributed by atoms with Crippen molar-refractivity contribution < 1.29 is 14.7 Å². The highest BCUT2D eigenvalue weighted by atomic mass is 32.2. The quantitative estimate of drug-likeness (QED) is 0.682. The van der Waals surface area contributed by atoms with E-state index in [0.29, 0.717) is 11.5 Å². The van der Waals surface area contributed by atoms with Crippen LogP contribution in [0, 0.1) is 5.92 Å². The third-order valence-electron chi connectivity index (χ3n) is 5.53. The fourth-order valence-electron chi connectivity index (χ4n) is 4.01. The summed E-state index contributed by atoms with van der Waals surface area (Å²) in [4.78, 5) is 27.2. The number of rotatable bonds is 5. The van der Waals surface area contributed by atoms with Gasteiger partial charge in [0, 0.05) is 10.8 Å². The van der Waals surface area contributed by atoms with Gasteiger partial charge in [-0.3, -0.25) is 9.59 Å². The number of nitrogens with zero attached hydrogens (tertiary/aromatic N) is 1. The van der Waals surface area contributed by atoms with E-state index in [4.69, 9.17) is 5.73 Å². The van der Waals surface area contributed by atoms with Crippen LogP contribution in [-0.2, 0) is 9.59 Å². The molecular formula is C19H27N3O3S. The fraction of sp³-hybridized carbons (Fsp3) is 0.579. The summed E-state index contributed by atoms with van der Waals surface area (Å²) < 4.78 is -0.0473. The van der Waals surface area contributed by atoms with Gasteiger partial charge in [-0.15, -0.1) is 11.8 Å². The number of benzene rings is 1. The summed E-state index contributed by atoms with van der Waals surface area (Å²) in [6.07, 6.45) is 1.01. The van der Waals surface area contributed by atoms with Crippen molar-refractivity contribution in [1.29, 1.82) is 0 Å². The highest BCUT2D eigenvalue weighted by Crippen LogP contribution is 2.53. The second-order valence-corrected chi connectivity index (χ2v) is 9.51. The SMILES string of the molecule is CCC(C)C1N2C(=O)C(NC(=O)C(N)c3ccc(O)cc3)C2SC1(C)C. The average molecular weight is 378 g/mol. The normalized spacial score (nSPS) is 28.9. The molecule has 5 atom stereocenters. The second-order valence-electron chi connectivity index (χ2n) is 7.74. The molecular weight excluding hydrogens is 350 g/mol. The molecule has 0 aliphatic carbocycles. The van der Waals surface area contributed by atoms with E-state index in [1.807, 2.05) is 4.90 Å². The number of hydrogen-bond donors (Lipinski definition) is 3. The molecule has 0 aromatic heterocycles. The molecule has 0 spiro atoms. The zero-order chi connectivity index (χ0) is 19.2. The lowest BCUT2D eigenvalue weighted by Crippen LogP contribution is -2.70. The van der Waals surface area contributed by atoms with Crippen LogP contribution < -0.4 is 11.1 Å². The Labute approximate surface area is 158 Å². The molecule has 2 saturated heterocycles. The Kier molecular flexibility index (Phi) is 4.96. The first-order valence-corrected chi connectivity index (χ1v) is 9.90. The van der Waals surface area contributed by atoms with Gasteiger partial charge in [0.2, 0.25) is 11.8 Å². The summed E-state index contributed by atoms with van der Waals surface area (Å²) in [5, 5.41) is 12.1. The number of fused-ring (bicyclic) bond motifs is 1. The number of nitrogens with two attached hydrogens (primary N) is 1. The number of thioether (sulfide) groups is 1. The van der Waals surface area contributed by atoms with Gasteiger partial charge >= 0.3 is 0 Å². The van der Waals surface area contributed by atoms with Gasteiger partial charge in [-0.1, -0.05) is 32.4 Å². The van der Waals surface area contributed by atoms with E-state index in [9.17, 15) is 14.7 Å². The molecule has 1 aromatic carbocycles. The molecule has 2 aliphatic rings. The van der Waals surface area contributed by atoms with Crippen molar-refractivity contribution in [2.75, 3.05) is 0 Å². The fourth-order valence-corrected chi connectivity index (χ4v) is 5.79. The van der Waals surface area contributed by atoms with Crippen LogP contribution in [0.1, 0.15) is 45.7 Å².